The van der Waals surface area contributed by atoms with Crippen LogP contribution in [0.25, 0.3) is 0 Å². The summed E-state index contributed by atoms with van der Waals surface area (Å²) in [7, 11) is 0. The molecule has 1 fully saturated rings. The van der Waals surface area contributed by atoms with Gasteiger partial charge in [0.25, 0.3) is 5.91 Å². The molecule has 0 aliphatic carbocycles. The molecule has 2 amide bonds. The molecular weight excluding hydrogens is 337 g/mol. The molecule has 1 atom stereocenters. The molecule has 0 bridgehead atoms. The van der Waals surface area contributed by atoms with Crippen LogP contribution in [0.1, 0.15) is 30.1 Å². The predicted molar refractivity (Wildman–Crippen MR) is 94.0 cm³/mol. The molecule has 5 nitrogen and oxygen atoms in total. The number of nitrogens with zero attached hydrogens (tertiary/aromatic N) is 1. The summed E-state index contributed by atoms with van der Waals surface area (Å²) in [5.74, 6) is 0.190. The minimum atomic E-state index is -0.544. The third-order valence-electron chi connectivity index (χ3n) is 4.08. The second-order valence-electron chi connectivity index (χ2n) is 5.71. The summed E-state index contributed by atoms with van der Waals surface area (Å²) >= 11 is 5.80. The third kappa shape index (κ3) is 5.37. The number of rotatable bonds is 4. The largest absolute Gasteiger partial charge is 0.341 e. The van der Waals surface area contributed by atoms with Crippen molar-refractivity contribution in [1.29, 1.82) is 0 Å². The molecule has 0 saturated carbocycles. The molecule has 23 heavy (non-hydrogen) atoms. The maximum atomic E-state index is 12.4. The standard InChI is InChI=1S/C16H22ClN3O2.ClH/c1-11(16(22)20-8-6-12(10-18)7-9-20)19-15(21)13-2-4-14(17)5-3-13;/h2-5,11-12H,6-10,18H2,1H3,(H,19,21);1H. The molecule has 1 unspecified atom stereocenters. The van der Waals surface area contributed by atoms with Crippen molar-refractivity contribution in [3.63, 3.8) is 0 Å². The molecule has 1 saturated heterocycles. The van der Waals surface area contributed by atoms with Gasteiger partial charge in [-0.3, -0.25) is 9.59 Å². The number of nitrogens with two attached hydrogens (primary N) is 1. The lowest BCUT2D eigenvalue weighted by atomic mass is 9.97. The van der Waals surface area contributed by atoms with Gasteiger partial charge in [0.2, 0.25) is 5.91 Å². The van der Waals surface area contributed by atoms with E-state index in [4.69, 9.17) is 17.3 Å². The molecular formula is C16H23Cl2N3O2. The van der Waals surface area contributed by atoms with E-state index in [1.54, 1.807) is 36.1 Å². The van der Waals surface area contributed by atoms with Gasteiger partial charge in [0, 0.05) is 23.7 Å². The van der Waals surface area contributed by atoms with Crippen molar-refractivity contribution in [2.24, 2.45) is 11.7 Å². The number of halogens is 2. The summed E-state index contributed by atoms with van der Waals surface area (Å²) in [6, 6.07) is 6.04. The highest BCUT2D eigenvalue weighted by Gasteiger charge is 2.26. The van der Waals surface area contributed by atoms with E-state index in [-0.39, 0.29) is 24.2 Å². The minimum Gasteiger partial charge on any atom is -0.341 e. The van der Waals surface area contributed by atoms with E-state index in [2.05, 4.69) is 5.32 Å². The molecule has 3 N–H and O–H groups in total. The lowest BCUT2D eigenvalue weighted by molar-refractivity contribution is -0.134. The van der Waals surface area contributed by atoms with Gasteiger partial charge in [0.1, 0.15) is 6.04 Å². The Morgan fingerprint density at radius 2 is 1.87 bits per heavy atom. The van der Waals surface area contributed by atoms with E-state index in [1.807, 2.05) is 0 Å². The first kappa shape index (κ1) is 19.7. The Bertz CT molecular complexity index is 529. The minimum absolute atomic E-state index is 0. The number of carbonyl (C=O) groups excluding carboxylic acids is 2. The van der Waals surface area contributed by atoms with Crippen LogP contribution < -0.4 is 11.1 Å². The van der Waals surface area contributed by atoms with Crippen molar-refractivity contribution < 1.29 is 9.59 Å². The molecule has 1 aromatic rings. The maximum Gasteiger partial charge on any atom is 0.251 e. The first-order valence-corrected chi connectivity index (χ1v) is 7.94. The Kier molecular flexibility index (Phi) is 7.82. The number of amides is 2. The zero-order valence-electron chi connectivity index (χ0n) is 13.1. The summed E-state index contributed by atoms with van der Waals surface area (Å²) in [4.78, 5) is 26.3. The molecule has 1 heterocycles. The van der Waals surface area contributed by atoms with Crippen molar-refractivity contribution in [2.45, 2.75) is 25.8 Å². The van der Waals surface area contributed by atoms with Crippen LogP contribution in [-0.4, -0.2) is 42.4 Å². The summed E-state index contributed by atoms with van der Waals surface area (Å²) < 4.78 is 0. The molecule has 2 rings (SSSR count). The van der Waals surface area contributed by atoms with Gasteiger partial charge in [0.05, 0.1) is 0 Å². The van der Waals surface area contributed by atoms with Crippen molar-refractivity contribution in [2.75, 3.05) is 19.6 Å². The van der Waals surface area contributed by atoms with E-state index < -0.39 is 6.04 Å². The zero-order valence-corrected chi connectivity index (χ0v) is 14.7. The molecule has 0 aromatic heterocycles. The maximum absolute atomic E-state index is 12.4. The summed E-state index contributed by atoms with van der Waals surface area (Å²) in [6.07, 6.45) is 1.86. The lowest BCUT2D eigenvalue weighted by Crippen LogP contribution is -2.49. The SMILES string of the molecule is CC(NC(=O)c1ccc(Cl)cc1)C(=O)N1CCC(CN)CC1.Cl. The highest BCUT2D eigenvalue weighted by atomic mass is 35.5. The number of hydrogen-bond donors (Lipinski definition) is 2. The van der Waals surface area contributed by atoms with Gasteiger partial charge in [-0.2, -0.15) is 0 Å². The van der Waals surface area contributed by atoms with Gasteiger partial charge in [-0.25, -0.2) is 0 Å². The van der Waals surface area contributed by atoms with Crippen LogP contribution >= 0.6 is 24.0 Å². The second-order valence-corrected chi connectivity index (χ2v) is 6.14. The second kappa shape index (κ2) is 9.11. The average molecular weight is 360 g/mol. The van der Waals surface area contributed by atoms with E-state index >= 15 is 0 Å². The van der Waals surface area contributed by atoms with Gasteiger partial charge in [-0.15, -0.1) is 12.4 Å². The first-order valence-electron chi connectivity index (χ1n) is 7.56. The fourth-order valence-electron chi connectivity index (χ4n) is 2.61. The smallest absolute Gasteiger partial charge is 0.251 e. The van der Waals surface area contributed by atoms with Gasteiger partial charge < -0.3 is 16.0 Å². The lowest BCUT2D eigenvalue weighted by Gasteiger charge is -2.33. The zero-order chi connectivity index (χ0) is 16.1. The van der Waals surface area contributed by atoms with E-state index in [1.165, 1.54) is 0 Å². The molecule has 1 aliphatic heterocycles. The number of likely N-dealkylation sites (tertiary alicyclic amines) is 1. The van der Waals surface area contributed by atoms with Crippen molar-refractivity contribution in [1.82, 2.24) is 10.2 Å². The van der Waals surface area contributed by atoms with Crippen LogP contribution in [0.5, 0.6) is 0 Å². The molecule has 0 radical (unpaired) electrons. The number of carbonyl (C=O) groups is 2. The van der Waals surface area contributed by atoms with E-state index in [0.717, 1.165) is 12.8 Å². The van der Waals surface area contributed by atoms with Crippen molar-refractivity contribution >= 4 is 35.8 Å². The van der Waals surface area contributed by atoms with Gasteiger partial charge in [-0.05, 0) is 56.5 Å². The fourth-order valence-corrected chi connectivity index (χ4v) is 2.73. The molecule has 0 spiro atoms. The number of hydrogen-bond acceptors (Lipinski definition) is 3. The van der Waals surface area contributed by atoms with Crippen LogP contribution in [0.4, 0.5) is 0 Å². The monoisotopic (exact) mass is 359 g/mol. The number of benzene rings is 1. The van der Waals surface area contributed by atoms with E-state index in [9.17, 15) is 9.59 Å². The first-order chi connectivity index (χ1) is 10.5. The quantitative estimate of drug-likeness (QED) is 0.863. The van der Waals surface area contributed by atoms with Gasteiger partial charge in [0.15, 0.2) is 0 Å². The fraction of sp³-hybridized carbons (Fsp3) is 0.500. The Labute approximate surface area is 148 Å². The highest BCUT2D eigenvalue weighted by Crippen LogP contribution is 2.16. The average Bonchev–Trinajstić information content (AvgIpc) is 2.54. The Balaban J connectivity index is 0.00000264. The molecule has 1 aliphatic rings. The topological polar surface area (TPSA) is 75.4 Å². The molecule has 7 heteroatoms. The summed E-state index contributed by atoms with van der Waals surface area (Å²) in [5.41, 5.74) is 6.15. The summed E-state index contributed by atoms with van der Waals surface area (Å²) in [5, 5.41) is 3.31. The highest BCUT2D eigenvalue weighted by molar-refractivity contribution is 6.30. The van der Waals surface area contributed by atoms with Crippen LogP contribution in [-0.2, 0) is 4.79 Å². The molecule has 128 valence electrons. The van der Waals surface area contributed by atoms with Crippen LogP contribution in [0, 0.1) is 5.92 Å². The normalized spacial score (nSPS) is 16.4. The number of piperidine rings is 1. The Morgan fingerprint density at radius 3 is 2.39 bits per heavy atom. The predicted octanol–water partition coefficient (Wildman–Crippen LogP) is 2.08. The third-order valence-corrected chi connectivity index (χ3v) is 4.34. The van der Waals surface area contributed by atoms with E-state index in [0.29, 0.717) is 36.1 Å². The summed E-state index contributed by atoms with van der Waals surface area (Å²) in [6.45, 7) is 3.81. The van der Waals surface area contributed by atoms with Crippen LogP contribution in [0.3, 0.4) is 0 Å². The molecule has 1 aromatic carbocycles. The Hall–Kier alpha value is -1.30. The van der Waals surface area contributed by atoms with Crippen molar-refractivity contribution in [3.8, 4) is 0 Å². The van der Waals surface area contributed by atoms with Gasteiger partial charge in [-0.1, -0.05) is 11.6 Å². The Morgan fingerprint density at radius 1 is 1.30 bits per heavy atom. The van der Waals surface area contributed by atoms with Crippen molar-refractivity contribution in [3.05, 3.63) is 34.9 Å². The number of nitrogens with one attached hydrogen (secondary N) is 1. The van der Waals surface area contributed by atoms with Crippen LogP contribution in [0.2, 0.25) is 5.02 Å². The van der Waals surface area contributed by atoms with Crippen LogP contribution in [0.15, 0.2) is 24.3 Å². The van der Waals surface area contributed by atoms with Gasteiger partial charge >= 0.3 is 0 Å².